The third kappa shape index (κ3) is 5.46. The highest BCUT2D eigenvalue weighted by atomic mass is 16.5. The maximum Gasteiger partial charge on any atom is 0.339 e. The van der Waals surface area contributed by atoms with Gasteiger partial charge in [-0.25, -0.2) is 9.78 Å². The van der Waals surface area contributed by atoms with Gasteiger partial charge in [0.15, 0.2) is 0 Å². The number of aromatic carboxylic acids is 1. The molecule has 5 heteroatoms. The van der Waals surface area contributed by atoms with E-state index >= 15 is 0 Å². The molecule has 0 amide bonds. The van der Waals surface area contributed by atoms with Crippen LogP contribution in [-0.4, -0.2) is 27.2 Å². The summed E-state index contributed by atoms with van der Waals surface area (Å²) in [7, 11) is 0. The lowest BCUT2D eigenvalue weighted by molar-refractivity contribution is 0.0692. The molecule has 0 fully saturated rings. The number of ether oxygens (including phenoxy) is 1. The summed E-state index contributed by atoms with van der Waals surface area (Å²) in [5, 5.41) is 9.40. The summed E-state index contributed by atoms with van der Waals surface area (Å²) in [4.78, 5) is 16.6. The first-order chi connectivity index (χ1) is 18.2. The zero-order valence-electron chi connectivity index (χ0n) is 20.5. The minimum atomic E-state index is -0.984. The van der Waals surface area contributed by atoms with Crippen molar-refractivity contribution in [1.29, 1.82) is 0 Å². The maximum absolute atomic E-state index is 11.5. The molecular weight excluding hydrogens is 460 g/mol. The van der Waals surface area contributed by atoms with Crippen molar-refractivity contribution in [2.45, 2.75) is 19.4 Å². The second kappa shape index (κ2) is 11.4. The average molecular weight is 489 g/mol. The van der Waals surface area contributed by atoms with Gasteiger partial charge >= 0.3 is 5.97 Å². The largest absolute Gasteiger partial charge is 0.493 e. The molecule has 0 atom stereocenters. The highest BCUT2D eigenvalue weighted by molar-refractivity contribution is 5.90. The summed E-state index contributed by atoms with van der Waals surface area (Å²) in [5.74, 6) is 0.344. The van der Waals surface area contributed by atoms with Crippen molar-refractivity contribution < 1.29 is 14.6 Å². The first-order valence-electron chi connectivity index (χ1n) is 12.4. The van der Waals surface area contributed by atoms with Crippen LogP contribution in [0.5, 0.6) is 5.75 Å². The van der Waals surface area contributed by atoms with Crippen molar-refractivity contribution in [1.82, 2.24) is 9.55 Å². The highest BCUT2D eigenvalue weighted by Crippen LogP contribution is 2.36. The Balaban J connectivity index is 1.45. The number of imidazole rings is 1. The molecule has 0 radical (unpaired) electrons. The Labute approximate surface area is 216 Å². The molecule has 1 N–H and O–H groups in total. The number of carboxylic acid groups (broad SMARTS) is 1. The Morgan fingerprint density at radius 2 is 1.27 bits per heavy atom. The van der Waals surface area contributed by atoms with Crippen LogP contribution in [0.2, 0.25) is 0 Å². The molecule has 184 valence electrons. The van der Waals surface area contributed by atoms with Crippen LogP contribution in [0.1, 0.15) is 23.2 Å². The van der Waals surface area contributed by atoms with E-state index in [0.29, 0.717) is 12.4 Å². The first kappa shape index (κ1) is 24.1. The Kier molecular flexibility index (Phi) is 7.42. The lowest BCUT2D eigenvalue weighted by Crippen LogP contribution is -2.07. The third-order valence-corrected chi connectivity index (χ3v) is 6.25. The fourth-order valence-electron chi connectivity index (χ4n) is 4.49. The van der Waals surface area contributed by atoms with E-state index in [4.69, 9.17) is 9.72 Å². The summed E-state index contributed by atoms with van der Waals surface area (Å²) in [6, 6.07) is 37.7. The maximum atomic E-state index is 11.5. The van der Waals surface area contributed by atoms with Gasteiger partial charge < -0.3 is 14.4 Å². The summed E-state index contributed by atoms with van der Waals surface area (Å²) in [6.45, 7) is 1.18. The zero-order valence-corrected chi connectivity index (χ0v) is 20.5. The number of hydrogen-bond acceptors (Lipinski definition) is 3. The molecule has 5 rings (SSSR count). The van der Waals surface area contributed by atoms with Gasteiger partial charge in [-0.3, -0.25) is 0 Å². The van der Waals surface area contributed by atoms with E-state index in [1.54, 1.807) is 24.3 Å². The molecule has 0 unspecified atom stereocenters. The van der Waals surface area contributed by atoms with Gasteiger partial charge in [0.25, 0.3) is 0 Å². The van der Waals surface area contributed by atoms with Crippen molar-refractivity contribution in [2.24, 2.45) is 0 Å². The minimum absolute atomic E-state index is 0.183. The van der Waals surface area contributed by atoms with Crippen LogP contribution in [-0.2, 0) is 6.54 Å². The summed E-state index contributed by atoms with van der Waals surface area (Å²) < 4.78 is 8.14. The fraction of sp³-hybridized carbons (Fsp3) is 0.125. The Hall–Kier alpha value is -4.64. The van der Waals surface area contributed by atoms with Crippen LogP contribution in [0.3, 0.4) is 0 Å². The molecule has 0 aliphatic rings. The quantitative estimate of drug-likeness (QED) is 0.208. The molecule has 5 aromatic rings. The minimum Gasteiger partial charge on any atom is -0.493 e. The van der Waals surface area contributed by atoms with Crippen LogP contribution in [0, 0.1) is 0 Å². The molecule has 0 spiro atoms. The molecule has 0 saturated carbocycles. The van der Waals surface area contributed by atoms with E-state index in [1.165, 1.54) is 0 Å². The molecule has 0 saturated heterocycles. The molecule has 0 aliphatic heterocycles. The number of rotatable bonds is 10. The fourth-order valence-corrected chi connectivity index (χ4v) is 4.49. The van der Waals surface area contributed by atoms with Gasteiger partial charge in [-0.15, -0.1) is 0 Å². The van der Waals surface area contributed by atoms with Crippen LogP contribution in [0.25, 0.3) is 33.9 Å². The van der Waals surface area contributed by atoms with Gasteiger partial charge in [0, 0.05) is 23.2 Å². The topological polar surface area (TPSA) is 64.3 Å². The molecule has 0 aliphatic carbocycles. The van der Waals surface area contributed by atoms with Gasteiger partial charge in [-0.1, -0.05) is 103 Å². The normalized spacial score (nSPS) is 10.8. The lowest BCUT2D eigenvalue weighted by Gasteiger charge is -2.14. The average Bonchev–Trinajstić information content (AvgIpc) is 3.34. The summed E-state index contributed by atoms with van der Waals surface area (Å²) >= 11 is 0. The monoisotopic (exact) mass is 488 g/mol. The second-order valence-electron chi connectivity index (χ2n) is 8.74. The second-order valence-corrected chi connectivity index (χ2v) is 8.74. The van der Waals surface area contributed by atoms with E-state index in [-0.39, 0.29) is 5.56 Å². The van der Waals surface area contributed by atoms with Crippen LogP contribution in [0.15, 0.2) is 115 Å². The van der Waals surface area contributed by atoms with Crippen molar-refractivity contribution in [3.8, 4) is 39.7 Å². The van der Waals surface area contributed by atoms with E-state index in [0.717, 1.165) is 53.3 Å². The van der Waals surface area contributed by atoms with E-state index in [9.17, 15) is 9.90 Å². The van der Waals surface area contributed by atoms with Gasteiger partial charge in [-0.05, 0) is 25.0 Å². The molecule has 5 nitrogen and oxygen atoms in total. The standard InChI is InChI=1S/C32H28N2O3/c35-32(36)27-20-10-11-21-28(27)37-23-13-12-22-34-30(25-16-6-2-7-17-25)29(24-14-4-1-5-15-24)33-31(34)26-18-8-3-9-19-26/h1-11,14-21H,12-13,22-23H2,(H,35,36). The number of aromatic nitrogens is 2. The van der Waals surface area contributed by atoms with Crippen molar-refractivity contribution >= 4 is 5.97 Å². The first-order valence-corrected chi connectivity index (χ1v) is 12.4. The number of para-hydroxylation sites is 1. The van der Waals surface area contributed by atoms with Crippen molar-refractivity contribution in [3.63, 3.8) is 0 Å². The van der Waals surface area contributed by atoms with E-state index in [2.05, 4.69) is 53.1 Å². The lowest BCUT2D eigenvalue weighted by atomic mass is 10.0. The molecular formula is C32H28N2O3. The molecule has 1 aromatic heterocycles. The van der Waals surface area contributed by atoms with Crippen LogP contribution < -0.4 is 4.74 Å². The zero-order chi connectivity index (χ0) is 25.5. The van der Waals surface area contributed by atoms with Crippen LogP contribution >= 0.6 is 0 Å². The van der Waals surface area contributed by atoms with Crippen LogP contribution in [0.4, 0.5) is 0 Å². The van der Waals surface area contributed by atoms with Crippen molar-refractivity contribution in [2.75, 3.05) is 6.61 Å². The number of carbonyl (C=O) groups is 1. The number of hydrogen-bond donors (Lipinski definition) is 1. The smallest absolute Gasteiger partial charge is 0.339 e. The number of unbranched alkanes of at least 4 members (excludes halogenated alkanes) is 1. The molecule has 0 bridgehead atoms. The highest BCUT2D eigenvalue weighted by Gasteiger charge is 2.21. The van der Waals surface area contributed by atoms with E-state index < -0.39 is 5.97 Å². The predicted molar refractivity (Wildman–Crippen MR) is 147 cm³/mol. The summed E-state index contributed by atoms with van der Waals surface area (Å²) in [6.07, 6.45) is 1.62. The van der Waals surface area contributed by atoms with Gasteiger partial charge in [0.05, 0.1) is 18.0 Å². The van der Waals surface area contributed by atoms with Gasteiger partial charge in [0.2, 0.25) is 0 Å². The predicted octanol–water partition coefficient (Wildman–Crippen LogP) is 7.44. The Morgan fingerprint density at radius 1 is 0.703 bits per heavy atom. The Bertz CT molecular complexity index is 1460. The van der Waals surface area contributed by atoms with Crippen molar-refractivity contribution in [3.05, 3.63) is 121 Å². The van der Waals surface area contributed by atoms with Gasteiger partial charge in [0.1, 0.15) is 17.1 Å². The number of benzene rings is 4. The SMILES string of the molecule is O=C(O)c1ccccc1OCCCCn1c(-c2ccccc2)nc(-c2ccccc2)c1-c1ccccc1. The van der Waals surface area contributed by atoms with Gasteiger partial charge in [-0.2, -0.15) is 0 Å². The molecule has 37 heavy (non-hydrogen) atoms. The number of nitrogens with zero attached hydrogens (tertiary/aromatic N) is 2. The summed E-state index contributed by atoms with van der Waals surface area (Å²) in [5.41, 5.74) is 5.48. The van der Waals surface area contributed by atoms with E-state index in [1.807, 2.05) is 42.5 Å². The number of carboxylic acids is 1. The Morgan fingerprint density at radius 3 is 1.92 bits per heavy atom. The molecule has 4 aromatic carbocycles. The molecule has 1 heterocycles. The third-order valence-electron chi connectivity index (χ3n) is 6.25.